The molecule has 0 unspecified atom stereocenters. The number of furan rings is 1. The molecule has 0 spiro atoms. The molecule has 0 saturated carbocycles. The number of nitrogens with zero attached hydrogens (tertiary/aromatic N) is 1. The molecule has 0 amide bonds. The first-order valence-electron chi connectivity index (χ1n) is 5.19. The topological polar surface area (TPSA) is 75.4 Å². The summed E-state index contributed by atoms with van der Waals surface area (Å²) in [6.07, 6.45) is 0.905. The van der Waals surface area contributed by atoms with Crippen LogP contribution in [0.15, 0.2) is 21.9 Å². The van der Waals surface area contributed by atoms with Crippen LogP contribution >= 0.6 is 11.3 Å². The predicted molar refractivity (Wildman–Crippen MR) is 64.5 cm³/mol. The normalized spacial score (nSPS) is 10.4. The second-order valence-corrected chi connectivity index (χ2v) is 4.28. The van der Waals surface area contributed by atoms with Gasteiger partial charge in [-0.3, -0.25) is 0 Å². The first-order chi connectivity index (χ1) is 8.19. The fraction of sp³-hybridized carbons (Fsp3) is 0.273. The van der Waals surface area contributed by atoms with Crippen LogP contribution in [0.25, 0.3) is 0 Å². The number of rotatable bonds is 5. The van der Waals surface area contributed by atoms with Gasteiger partial charge in [0.1, 0.15) is 5.76 Å². The second kappa shape index (κ2) is 5.01. The molecular weight excluding hydrogens is 240 g/mol. The van der Waals surface area contributed by atoms with Crippen molar-refractivity contribution in [1.82, 2.24) is 4.98 Å². The summed E-state index contributed by atoms with van der Waals surface area (Å²) in [4.78, 5) is 14.9. The van der Waals surface area contributed by atoms with Gasteiger partial charge in [0, 0.05) is 5.38 Å². The number of aryl methyl sites for hydroxylation is 1. The van der Waals surface area contributed by atoms with Crippen molar-refractivity contribution in [3.63, 3.8) is 0 Å². The van der Waals surface area contributed by atoms with E-state index in [0.29, 0.717) is 12.3 Å². The highest BCUT2D eigenvalue weighted by Crippen LogP contribution is 2.17. The van der Waals surface area contributed by atoms with Gasteiger partial charge in [-0.05, 0) is 18.6 Å². The molecule has 0 bridgehead atoms. The minimum atomic E-state index is -1.06. The van der Waals surface area contributed by atoms with Crippen molar-refractivity contribution in [2.75, 3.05) is 5.32 Å². The molecule has 0 atom stereocenters. The predicted octanol–water partition coefficient (Wildman–Crippen LogP) is 2.61. The average molecular weight is 252 g/mol. The lowest BCUT2D eigenvalue weighted by atomic mass is 10.4. The number of anilines is 1. The van der Waals surface area contributed by atoms with E-state index in [4.69, 9.17) is 9.52 Å². The maximum absolute atomic E-state index is 10.6. The zero-order chi connectivity index (χ0) is 12.3. The van der Waals surface area contributed by atoms with Gasteiger partial charge < -0.3 is 14.8 Å². The van der Waals surface area contributed by atoms with Crippen molar-refractivity contribution < 1.29 is 14.3 Å². The summed E-state index contributed by atoms with van der Waals surface area (Å²) >= 11 is 1.53. The lowest BCUT2D eigenvalue weighted by Gasteiger charge is -1.98. The summed E-state index contributed by atoms with van der Waals surface area (Å²) in [5.41, 5.74) is 1.04. The summed E-state index contributed by atoms with van der Waals surface area (Å²) in [5, 5.41) is 14.6. The Morgan fingerprint density at radius 2 is 2.41 bits per heavy atom. The van der Waals surface area contributed by atoms with Crippen LogP contribution in [-0.4, -0.2) is 16.1 Å². The van der Waals surface area contributed by atoms with Crippen LogP contribution < -0.4 is 5.32 Å². The zero-order valence-electron chi connectivity index (χ0n) is 9.27. The van der Waals surface area contributed by atoms with Crippen molar-refractivity contribution in [1.29, 1.82) is 0 Å². The third-order valence-electron chi connectivity index (χ3n) is 2.20. The first-order valence-corrected chi connectivity index (χ1v) is 6.07. The number of carboxylic acid groups (broad SMARTS) is 1. The maximum Gasteiger partial charge on any atom is 0.371 e. The molecule has 2 aromatic rings. The third kappa shape index (κ3) is 2.85. The number of carboxylic acids is 1. The SMILES string of the molecule is CCc1csc(NCc2ccc(C(=O)O)o2)n1. The number of carbonyl (C=O) groups is 1. The van der Waals surface area contributed by atoms with Crippen LogP contribution in [0, 0.1) is 0 Å². The van der Waals surface area contributed by atoms with E-state index >= 15 is 0 Å². The molecule has 2 heterocycles. The van der Waals surface area contributed by atoms with E-state index < -0.39 is 5.97 Å². The molecule has 0 radical (unpaired) electrons. The minimum absolute atomic E-state index is 0.0461. The summed E-state index contributed by atoms with van der Waals surface area (Å²) in [5.74, 6) is -0.524. The Bertz CT molecular complexity index is 518. The van der Waals surface area contributed by atoms with Gasteiger partial charge >= 0.3 is 5.97 Å². The summed E-state index contributed by atoms with van der Waals surface area (Å²) in [6, 6.07) is 3.09. The van der Waals surface area contributed by atoms with Crippen LogP contribution in [0.3, 0.4) is 0 Å². The quantitative estimate of drug-likeness (QED) is 0.855. The van der Waals surface area contributed by atoms with E-state index in [-0.39, 0.29) is 5.76 Å². The van der Waals surface area contributed by atoms with Crippen molar-refractivity contribution >= 4 is 22.4 Å². The molecule has 6 heteroatoms. The third-order valence-corrected chi connectivity index (χ3v) is 3.05. The van der Waals surface area contributed by atoms with Gasteiger partial charge in [-0.1, -0.05) is 6.92 Å². The second-order valence-electron chi connectivity index (χ2n) is 3.42. The maximum atomic E-state index is 10.6. The van der Waals surface area contributed by atoms with Crippen LogP contribution in [0.5, 0.6) is 0 Å². The number of hydrogen-bond acceptors (Lipinski definition) is 5. The average Bonchev–Trinajstić information content (AvgIpc) is 2.95. The molecule has 90 valence electrons. The Labute approximate surface area is 102 Å². The molecule has 5 nitrogen and oxygen atoms in total. The van der Waals surface area contributed by atoms with Crippen molar-refractivity contribution in [3.05, 3.63) is 34.7 Å². The van der Waals surface area contributed by atoms with Crippen LogP contribution in [0.1, 0.15) is 28.9 Å². The van der Waals surface area contributed by atoms with E-state index in [1.165, 1.54) is 17.4 Å². The minimum Gasteiger partial charge on any atom is -0.475 e. The molecule has 0 aromatic carbocycles. The molecule has 0 fully saturated rings. The fourth-order valence-electron chi connectivity index (χ4n) is 1.30. The van der Waals surface area contributed by atoms with E-state index in [1.54, 1.807) is 6.07 Å². The van der Waals surface area contributed by atoms with E-state index in [2.05, 4.69) is 10.3 Å². The van der Waals surface area contributed by atoms with E-state index in [0.717, 1.165) is 17.2 Å². The highest BCUT2D eigenvalue weighted by atomic mass is 32.1. The molecule has 2 N–H and O–H groups in total. The lowest BCUT2D eigenvalue weighted by molar-refractivity contribution is 0.0660. The standard InChI is InChI=1S/C11H12N2O3S/c1-2-7-6-17-11(13-7)12-5-8-3-4-9(16-8)10(14)15/h3-4,6H,2,5H2,1H3,(H,12,13)(H,14,15). The Balaban J connectivity index is 1.94. The molecular formula is C11H12N2O3S. The summed E-state index contributed by atoms with van der Waals surface area (Å²) in [6.45, 7) is 2.48. The Morgan fingerprint density at radius 3 is 3.00 bits per heavy atom. The Morgan fingerprint density at radius 1 is 1.59 bits per heavy atom. The number of thiazole rings is 1. The van der Waals surface area contributed by atoms with Gasteiger partial charge in [-0.15, -0.1) is 11.3 Å². The molecule has 0 aliphatic heterocycles. The lowest BCUT2D eigenvalue weighted by Crippen LogP contribution is -1.98. The van der Waals surface area contributed by atoms with Crippen LogP contribution in [-0.2, 0) is 13.0 Å². The Hall–Kier alpha value is -1.82. The van der Waals surface area contributed by atoms with E-state index in [1.807, 2.05) is 12.3 Å². The summed E-state index contributed by atoms with van der Waals surface area (Å²) in [7, 11) is 0. The number of aromatic carboxylic acids is 1. The highest BCUT2D eigenvalue weighted by molar-refractivity contribution is 7.13. The van der Waals surface area contributed by atoms with Gasteiger partial charge in [0.2, 0.25) is 5.76 Å². The van der Waals surface area contributed by atoms with Gasteiger partial charge in [-0.2, -0.15) is 0 Å². The molecule has 2 rings (SSSR count). The first kappa shape index (κ1) is 11.7. The molecule has 0 aliphatic rings. The van der Waals surface area contributed by atoms with Crippen LogP contribution in [0.2, 0.25) is 0 Å². The van der Waals surface area contributed by atoms with Crippen molar-refractivity contribution in [2.45, 2.75) is 19.9 Å². The summed E-state index contributed by atoms with van der Waals surface area (Å²) < 4.78 is 5.11. The number of hydrogen-bond donors (Lipinski definition) is 2. The molecule has 17 heavy (non-hydrogen) atoms. The molecule has 0 saturated heterocycles. The zero-order valence-corrected chi connectivity index (χ0v) is 10.1. The monoisotopic (exact) mass is 252 g/mol. The van der Waals surface area contributed by atoms with Crippen molar-refractivity contribution in [3.8, 4) is 0 Å². The van der Waals surface area contributed by atoms with E-state index in [9.17, 15) is 4.79 Å². The highest BCUT2D eigenvalue weighted by Gasteiger charge is 2.09. The van der Waals surface area contributed by atoms with Gasteiger partial charge in [0.25, 0.3) is 0 Å². The van der Waals surface area contributed by atoms with Gasteiger partial charge in [0.15, 0.2) is 5.13 Å². The van der Waals surface area contributed by atoms with Gasteiger partial charge in [-0.25, -0.2) is 9.78 Å². The number of nitrogens with one attached hydrogen (secondary N) is 1. The van der Waals surface area contributed by atoms with Gasteiger partial charge in [0.05, 0.1) is 12.2 Å². The number of aromatic nitrogens is 1. The smallest absolute Gasteiger partial charge is 0.371 e. The molecule has 0 aliphatic carbocycles. The Kier molecular flexibility index (Phi) is 3.43. The van der Waals surface area contributed by atoms with Crippen LogP contribution in [0.4, 0.5) is 5.13 Å². The molecule has 2 aromatic heterocycles. The van der Waals surface area contributed by atoms with Crippen molar-refractivity contribution in [2.24, 2.45) is 0 Å². The fourth-order valence-corrected chi connectivity index (χ4v) is 2.09. The largest absolute Gasteiger partial charge is 0.475 e.